The third kappa shape index (κ3) is 3.53. The number of phenols is 1. The summed E-state index contributed by atoms with van der Waals surface area (Å²) in [6.45, 7) is 0. The van der Waals surface area contributed by atoms with E-state index in [-0.39, 0.29) is 5.75 Å². The molecule has 0 saturated carbocycles. The summed E-state index contributed by atoms with van der Waals surface area (Å²) in [4.78, 5) is 4.31. The molecule has 0 spiro atoms. The minimum atomic E-state index is 0.103. The van der Waals surface area contributed by atoms with Crippen LogP contribution in [0.15, 0.2) is 44.3 Å². The highest BCUT2D eigenvalue weighted by Gasteiger charge is 2.06. The van der Waals surface area contributed by atoms with Gasteiger partial charge in [-0.05, 0) is 62.2 Å². The third-order valence-electron chi connectivity index (χ3n) is 2.55. The van der Waals surface area contributed by atoms with E-state index in [2.05, 4.69) is 36.9 Å². The van der Waals surface area contributed by atoms with Gasteiger partial charge in [-0.2, -0.15) is 0 Å². The Bertz CT molecular complexity index is 674. The third-order valence-corrected chi connectivity index (χ3v) is 3.99. The van der Waals surface area contributed by atoms with E-state index < -0.39 is 0 Å². The average molecular weight is 420 g/mol. The highest BCUT2D eigenvalue weighted by Crippen LogP contribution is 2.32. The molecule has 0 amide bonds. The molecule has 2 rings (SSSR count). The molecule has 20 heavy (non-hydrogen) atoms. The Morgan fingerprint density at radius 2 is 1.95 bits per heavy atom. The van der Waals surface area contributed by atoms with Crippen LogP contribution in [0.25, 0.3) is 0 Å². The lowest BCUT2D eigenvalue weighted by atomic mass is 10.2. The number of nitrogens with zero attached hydrogens (tertiary/aromatic N) is 1. The Kier molecular flexibility index (Phi) is 5.07. The molecular weight excluding hydrogens is 409 g/mol. The molecule has 0 bridgehead atoms. The van der Waals surface area contributed by atoms with E-state index in [9.17, 15) is 5.11 Å². The van der Waals surface area contributed by atoms with E-state index in [4.69, 9.17) is 16.3 Å². The number of methoxy groups -OCH3 is 1. The smallest absolute Gasteiger partial charge is 0.138 e. The van der Waals surface area contributed by atoms with Crippen molar-refractivity contribution in [3.05, 3.63) is 49.9 Å². The van der Waals surface area contributed by atoms with Gasteiger partial charge in [0.25, 0.3) is 0 Å². The maximum absolute atomic E-state index is 9.91. The van der Waals surface area contributed by atoms with Gasteiger partial charge < -0.3 is 9.84 Å². The fourth-order valence-corrected chi connectivity index (χ4v) is 2.93. The molecule has 0 unspecified atom stereocenters. The summed E-state index contributed by atoms with van der Waals surface area (Å²) >= 11 is 12.6. The first-order valence-corrected chi connectivity index (χ1v) is 7.53. The Morgan fingerprint density at radius 3 is 2.60 bits per heavy atom. The largest absolute Gasteiger partial charge is 0.506 e. The van der Waals surface area contributed by atoms with Crippen molar-refractivity contribution in [3.8, 4) is 11.5 Å². The normalized spacial score (nSPS) is 11.0. The quantitative estimate of drug-likeness (QED) is 0.684. The molecule has 0 saturated heterocycles. The lowest BCUT2D eigenvalue weighted by Crippen LogP contribution is -1.85. The van der Waals surface area contributed by atoms with Crippen LogP contribution < -0.4 is 4.74 Å². The summed E-state index contributed by atoms with van der Waals surface area (Å²) in [5, 5.41) is 10.4. The number of halogens is 3. The second-order valence-electron chi connectivity index (χ2n) is 3.90. The van der Waals surface area contributed by atoms with Gasteiger partial charge in [0, 0.05) is 16.8 Å². The van der Waals surface area contributed by atoms with Crippen LogP contribution in [0, 0.1) is 0 Å². The van der Waals surface area contributed by atoms with Crippen LogP contribution in [0.5, 0.6) is 11.5 Å². The molecule has 0 atom stereocenters. The van der Waals surface area contributed by atoms with Gasteiger partial charge >= 0.3 is 0 Å². The Labute approximate surface area is 138 Å². The minimum absolute atomic E-state index is 0.103. The fraction of sp³-hybridized carbons (Fsp3) is 0.0714. The van der Waals surface area contributed by atoms with Gasteiger partial charge in [0.2, 0.25) is 0 Å². The topological polar surface area (TPSA) is 41.8 Å². The number of aliphatic imine (C=N–C) groups is 1. The van der Waals surface area contributed by atoms with Crippen LogP contribution in [0.2, 0.25) is 5.02 Å². The molecule has 0 fully saturated rings. The number of rotatable bonds is 3. The molecule has 0 aliphatic heterocycles. The number of hydrogen-bond acceptors (Lipinski definition) is 3. The second-order valence-corrected chi connectivity index (χ2v) is 6.05. The zero-order valence-corrected chi connectivity index (χ0v) is 14.3. The molecular formula is C14H10Br2ClNO2. The van der Waals surface area contributed by atoms with Crippen LogP contribution in [0.3, 0.4) is 0 Å². The molecule has 0 aromatic heterocycles. The first-order valence-electron chi connectivity index (χ1n) is 5.57. The van der Waals surface area contributed by atoms with Crippen LogP contribution in [-0.2, 0) is 0 Å². The van der Waals surface area contributed by atoms with E-state index >= 15 is 0 Å². The number of hydrogen-bond donors (Lipinski definition) is 1. The molecule has 0 heterocycles. The predicted molar refractivity (Wildman–Crippen MR) is 88.8 cm³/mol. The molecule has 3 nitrogen and oxygen atoms in total. The van der Waals surface area contributed by atoms with E-state index in [1.165, 1.54) is 0 Å². The van der Waals surface area contributed by atoms with Crippen molar-refractivity contribution < 1.29 is 9.84 Å². The minimum Gasteiger partial charge on any atom is -0.506 e. The van der Waals surface area contributed by atoms with Gasteiger partial charge in [0.15, 0.2) is 0 Å². The molecule has 2 aromatic carbocycles. The van der Waals surface area contributed by atoms with E-state index in [1.54, 1.807) is 25.5 Å². The second kappa shape index (κ2) is 6.61. The molecule has 0 aliphatic carbocycles. The maximum Gasteiger partial charge on any atom is 0.138 e. The van der Waals surface area contributed by atoms with Crippen molar-refractivity contribution >= 4 is 55.4 Å². The SMILES string of the molecule is COc1ccc(N=Cc2cc(Cl)cc(Br)c2O)cc1Br. The van der Waals surface area contributed by atoms with Crippen LogP contribution in [0.1, 0.15) is 5.56 Å². The van der Waals surface area contributed by atoms with E-state index in [1.807, 2.05) is 18.2 Å². The Balaban J connectivity index is 2.32. The lowest BCUT2D eigenvalue weighted by molar-refractivity contribution is 0.412. The molecule has 2 aromatic rings. The molecule has 6 heteroatoms. The number of aromatic hydroxyl groups is 1. The average Bonchev–Trinajstić information content (AvgIpc) is 2.41. The van der Waals surface area contributed by atoms with E-state index in [0.29, 0.717) is 15.1 Å². The van der Waals surface area contributed by atoms with Crippen molar-refractivity contribution in [2.75, 3.05) is 7.11 Å². The van der Waals surface area contributed by atoms with Crippen molar-refractivity contribution in [3.63, 3.8) is 0 Å². The fourth-order valence-electron chi connectivity index (χ4n) is 1.56. The summed E-state index contributed by atoms with van der Waals surface area (Å²) in [6, 6.07) is 8.72. The number of ether oxygens (including phenoxy) is 1. The van der Waals surface area contributed by atoms with Crippen molar-refractivity contribution in [2.24, 2.45) is 4.99 Å². The summed E-state index contributed by atoms with van der Waals surface area (Å²) in [7, 11) is 1.60. The first-order chi connectivity index (χ1) is 9.51. The van der Waals surface area contributed by atoms with Gasteiger partial charge in [0.05, 0.1) is 21.7 Å². The molecule has 1 N–H and O–H groups in total. The number of benzene rings is 2. The molecule has 0 radical (unpaired) electrons. The van der Waals surface area contributed by atoms with Crippen molar-refractivity contribution in [1.82, 2.24) is 0 Å². The Morgan fingerprint density at radius 1 is 1.20 bits per heavy atom. The summed E-state index contributed by atoms with van der Waals surface area (Å²) in [5.74, 6) is 0.836. The highest BCUT2D eigenvalue weighted by atomic mass is 79.9. The van der Waals surface area contributed by atoms with Gasteiger partial charge in [-0.1, -0.05) is 11.6 Å². The highest BCUT2D eigenvalue weighted by molar-refractivity contribution is 9.10. The monoisotopic (exact) mass is 417 g/mol. The summed E-state index contributed by atoms with van der Waals surface area (Å²) in [5.41, 5.74) is 1.27. The van der Waals surface area contributed by atoms with Gasteiger partial charge in [-0.25, -0.2) is 0 Å². The zero-order chi connectivity index (χ0) is 14.7. The van der Waals surface area contributed by atoms with Crippen molar-refractivity contribution in [1.29, 1.82) is 0 Å². The molecule has 104 valence electrons. The summed E-state index contributed by atoms with van der Waals surface area (Å²) in [6.07, 6.45) is 1.56. The maximum atomic E-state index is 9.91. The van der Waals surface area contributed by atoms with Crippen LogP contribution >= 0.6 is 43.5 Å². The van der Waals surface area contributed by atoms with Crippen LogP contribution in [0.4, 0.5) is 5.69 Å². The first kappa shape index (κ1) is 15.4. The lowest BCUT2D eigenvalue weighted by Gasteiger charge is -2.04. The number of phenolic OH excluding ortho intramolecular Hbond substituents is 1. The van der Waals surface area contributed by atoms with Gasteiger partial charge in [-0.15, -0.1) is 0 Å². The Hall–Kier alpha value is -1.04. The zero-order valence-electron chi connectivity index (χ0n) is 10.4. The predicted octanol–water partition coefficient (Wildman–Crippen LogP) is 5.33. The van der Waals surface area contributed by atoms with Crippen LogP contribution in [-0.4, -0.2) is 18.4 Å². The van der Waals surface area contributed by atoms with Crippen molar-refractivity contribution in [2.45, 2.75) is 0 Å². The standard InChI is InChI=1S/C14H10Br2ClNO2/c1-20-13-3-2-10(6-11(13)15)18-7-8-4-9(17)5-12(16)14(8)19/h2-7,19H,1H3. The molecule has 0 aliphatic rings. The van der Waals surface area contributed by atoms with E-state index in [0.717, 1.165) is 15.9 Å². The summed E-state index contributed by atoms with van der Waals surface area (Å²) < 4.78 is 6.49. The van der Waals surface area contributed by atoms with Gasteiger partial charge in [0.1, 0.15) is 11.5 Å². The van der Waals surface area contributed by atoms with Gasteiger partial charge in [-0.3, -0.25) is 4.99 Å².